The van der Waals surface area contributed by atoms with E-state index in [4.69, 9.17) is 19.0 Å². The van der Waals surface area contributed by atoms with Crippen molar-refractivity contribution in [3.05, 3.63) is 24.2 Å². The Bertz CT molecular complexity index is 513. The number of carboxylic acid groups (broad SMARTS) is 1. The highest BCUT2D eigenvalue weighted by Crippen LogP contribution is 2.22. The van der Waals surface area contributed by atoms with Crippen LogP contribution in [-0.4, -0.2) is 42.4 Å². The molecule has 0 aliphatic carbocycles. The quantitative estimate of drug-likeness (QED) is 0.755. The SMILES string of the molecule is CC(C)COCC(NC(=O)[C@@H]1CC[C@H](C(=O)O)O1)c1ccco1. The minimum absolute atomic E-state index is 0.284. The topological polar surface area (TPSA) is 98.0 Å². The van der Waals surface area contributed by atoms with Gasteiger partial charge in [0.15, 0.2) is 6.10 Å². The van der Waals surface area contributed by atoms with E-state index in [0.717, 1.165) is 0 Å². The number of furan rings is 1. The van der Waals surface area contributed by atoms with Gasteiger partial charge >= 0.3 is 5.97 Å². The second kappa shape index (κ2) is 8.12. The van der Waals surface area contributed by atoms with Gasteiger partial charge in [-0.2, -0.15) is 0 Å². The van der Waals surface area contributed by atoms with E-state index in [1.165, 1.54) is 6.26 Å². The Hall–Kier alpha value is -1.86. The first-order valence-corrected chi connectivity index (χ1v) is 7.77. The van der Waals surface area contributed by atoms with Crippen molar-refractivity contribution in [3.63, 3.8) is 0 Å². The molecule has 0 bridgehead atoms. The maximum atomic E-state index is 12.3. The Balaban J connectivity index is 1.92. The molecule has 1 amide bonds. The van der Waals surface area contributed by atoms with Crippen LogP contribution in [0.25, 0.3) is 0 Å². The number of carbonyl (C=O) groups is 2. The third-order valence-electron chi connectivity index (χ3n) is 3.53. The Morgan fingerprint density at radius 2 is 2.09 bits per heavy atom. The first-order chi connectivity index (χ1) is 11.0. The molecule has 7 nitrogen and oxygen atoms in total. The fraction of sp³-hybridized carbons (Fsp3) is 0.625. The molecule has 1 aliphatic rings. The van der Waals surface area contributed by atoms with Gasteiger partial charge < -0.3 is 24.3 Å². The van der Waals surface area contributed by atoms with Gasteiger partial charge in [-0.25, -0.2) is 4.79 Å². The van der Waals surface area contributed by atoms with Crippen molar-refractivity contribution < 1.29 is 28.6 Å². The first kappa shape index (κ1) is 17.5. The molecular formula is C16H23NO6. The summed E-state index contributed by atoms with van der Waals surface area (Å²) in [7, 11) is 0. The van der Waals surface area contributed by atoms with Gasteiger partial charge in [0.2, 0.25) is 5.91 Å². The summed E-state index contributed by atoms with van der Waals surface area (Å²) in [5, 5.41) is 11.7. The number of aliphatic carboxylic acids is 1. The fourth-order valence-corrected chi connectivity index (χ4v) is 2.38. The third kappa shape index (κ3) is 5.07. The fourth-order valence-electron chi connectivity index (χ4n) is 2.38. The zero-order valence-electron chi connectivity index (χ0n) is 13.4. The van der Waals surface area contributed by atoms with E-state index in [-0.39, 0.29) is 12.5 Å². The number of rotatable bonds is 8. The monoisotopic (exact) mass is 325 g/mol. The second-order valence-corrected chi connectivity index (χ2v) is 6.04. The molecule has 0 radical (unpaired) electrons. The highest BCUT2D eigenvalue weighted by Gasteiger charge is 2.35. The van der Waals surface area contributed by atoms with Crippen LogP contribution in [0.3, 0.4) is 0 Å². The predicted molar refractivity (Wildman–Crippen MR) is 80.8 cm³/mol. The molecule has 128 valence electrons. The van der Waals surface area contributed by atoms with Crippen LogP contribution >= 0.6 is 0 Å². The van der Waals surface area contributed by atoms with Crippen LogP contribution in [0, 0.1) is 5.92 Å². The lowest BCUT2D eigenvalue weighted by Gasteiger charge is -2.20. The van der Waals surface area contributed by atoms with E-state index in [1.54, 1.807) is 12.1 Å². The summed E-state index contributed by atoms with van der Waals surface area (Å²) in [5.41, 5.74) is 0. The molecule has 3 atom stereocenters. The number of nitrogens with one attached hydrogen (secondary N) is 1. The molecule has 0 spiro atoms. The molecule has 2 N–H and O–H groups in total. The second-order valence-electron chi connectivity index (χ2n) is 6.04. The predicted octanol–water partition coefficient (Wildman–Crippen LogP) is 1.74. The third-order valence-corrected chi connectivity index (χ3v) is 3.53. The minimum Gasteiger partial charge on any atom is -0.479 e. The van der Waals surface area contributed by atoms with Crippen LogP contribution in [0.2, 0.25) is 0 Å². The standard InChI is InChI=1S/C16H23NO6/c1-10(2)8-21-9-11(12-4-3-7-22-12)17-15(18)13-5-6-14(23-13)16(19)20/h3-4,7,10-11,13-14H,5-6,8-9H2,1-2H3,(H,17,18)(H,19,20)/t11?,13-,14+/m0/s1. The normalized spacial score (nSPS) is 22.2. The zero-order valence-corrected chi connectivity index (χ0v) is 13.4. The Morgan fingerprint density at radius 1 is 1.35 bits per heavy atom. The lowest BCUT2D eigenvalue weighted by Crippen LogP contribution is -2.39. The molecular weight excluding hydrogens is 302 g/mol. The zero-order chi connectivity index (χ0) is 16.8. The van der Waals surface area contributed by atoms with Crippen LogP contribution in [0.1, 0.15) is 38.5 Å². The summed E-state index contributed by atoms with van der Waals surface area (Å²) in [6, 6.07) is 3.08. The van der Waals surface area contributed by atoms with Gasteiger partial charge in [-0.3, -0.25) is 4.79 Å². The van der Waals surface area contributed by atoms with Crippen LogP contribution in [0.15, 0.2) is 22.8 Å². The van der Waals surface area contributed by atoms with Crippen molar-refractivity contribution in [2.75, 3.05) is 13.2 Å². The van der Waals surface area contributed by atoms with Gasteiger partial charge in [0.05, 0.1) is 12.9 Å². The molecule has 0 saturated carbocycles. The minimum atomic E-state index is -1.04. The molecule has 0 aromatic carbocycles. The summed E-state index contributed by atoms with van der Waals surface area (Å²) in [5.74, 6) is -0.404. The maximum Gasteiger partial charge on any atom is 0.332 e. The van der Waals surface area contributed by atoms with Crippen LogP contribution < -0.4 is 5.32 Å². The van der Waals surface area contributed by atoms with Gasteiger partial charge in [0.1, 0.15) is 17.9 Å². The van der Waals surface area contributed by atoms with E-state index >= 15 is 0 Å². The number of carboxylic acids is 1. The Morgan fingerprint density at radius 3 is 2.65 bits per heavy atom. The molecule has 1 aromatic rings. The largest absolute Gasteiger partial charge is 0.479 e. The number of ether oxygens (including phenoxy) is 2. The number of hydrogen-bond acceptors (Lipinski definition) is 5. The molecule has 1 aliphatic heterocycles. The summed E-state index contributed by atoms with van der Waals surface area (Å²) < 4.78 is 16.2. The van der Waals surface area contributed by atoms with Crippen molar-refractivity contribution in [3.8, 4) is 0 Å². The number of carbonyl (C=O) groups excluding carboxylic acids is 1. The maximum absolute atomic E-state index is 12.3. The highest BCUT2D eigenvalue weighted by molar-refractivity contribution is 5.82. The number of amides is 1. The molecule has 2 rings (SSSR count). The average molecular weight is 325 g/mol. The van der Waals surface area contributed by atoms with Crippen molar-refractivity contribution in [2.24, 2.45) is 5.92 Å². The van der Waals surface area contributed by atoms with Crippen LogP contribution in [-0.2, 0) is 19.1 Å². The van der Waals surface area contributed by atoms with Crippen molar-refractivity contribution >= 4 is 11.9 Å². The van der Waals surface area contributed by atoms with Crippen LogP contribution in [0.4, 0.5) is 0 Å². The molecule has 1 aromatic heterocycles. The molecule has 7 heteroatoms. The lowest BCUT2D eigenvalue weighted by molar-refractivity contribution is -0.152. The van der Waals surface area contributed by atoms with E-state index in [1.807, 2.05) is 13.8 Å². The van der Waals surface area contributed by atoms with Gasteiger partial charge in [-0.1, -0.05) is 13.8 Å². The van der Waals surface area contributed by atoms with Crippen molar-refractivity contribution in [1.82, 2.24) is 5.32 Å². The highest BCUT2D eigenvalue weighted by atomic mass is 16.5. The van der Waals surface area contributed by atoms with Crippen molar-refractivity contribution in [1.29, 1.82) is 0 Å². The smallest absolute Gasteiger partial charge is 0.332 e. The molecule has 1 unspecified atom stereocenters. The van der Waals surface area contributed by atoms with E-state index < -0.39 is 24.2 Å². The summed E-state index contributed by atoms with van der Waals surface area (Å²) in [6.07, 6.45) is 0.593. The van der Waals surface area contributed by atoms with Gasteiger partial charge in [-0.15, -0.1) is 0 Å². The number of hydrogen-bond donors (Lipinski definition) is 2. The van der Waals surface area contributed by atoms with Crippen LogP contribution in [0.5, 0.6) is 0 Å². The average Bonchev–Trinajstić information content (AvgIpc) is 3.17. The lowest BCUT2D eigenvalue weighted by atomic mass is 10.1. The summed E-state index contributed by atoms with van der Waals surface area (Å²) >= 11 is 0. The summed E-state index contributed by atoms with van der Waals surface area (Å²) in [4.78, 5) is 23.2. The molecule has 2 heterocycles. The van der Waals surface area contributed by atoms with E-state index in [0.29, 0.717) is 31.1 Å². The van der Waals surface area contributed by atoms with Gasteiger partial charge in [0.25, 0.3) is 0 Å². The van der Waals surface area contributed by atoms with Crippen molar-refractivity contribution in [2.45, 2.75) is 44.9 Å². The summed E-state index contributed by atoms with van der Waals surface area (Å²) in [6.45, 7) is 4.94. The first-order valence-electron chi connectivity index (χ1n) is 7.77. The molecule has 23 heavy (non-hydrogen) atoms. The van der Waals surface area contributed by atoms with Gasteiger partial charge in [-0.05, 0) is 30.9 Å². The van der Waals surface area contributed by atoms with E-state index in [9.17, 15) is 9.59 Å². The Kier molecular flexibility index (Phi) is 6.18. The van der Waals surface area contributed by atoms with Gasteiger partial charge in [0, 0.05) is 6.61 Å². The molecule has 1 saturated heterocycles. The Labute approximate surface area is 134 Å². The molecule has 1 fully saturated rings. The van der Waals surface area contributed by atoms with E-state index in [2.05, 4.69) is 5.32 Å².